The maximum Gasteiger partial charge on any atom is 0.219 e. The monoisotopic (exact) mass is 417 g/mol. The van der Waals surface area contributed by atoms with Gasteiger partial charge >= 0.3 is 0 Å². The molecule has 0 aromatic heterocycles. The molecule has 0 saturated carbocycles. The van der Waals surface area contributed by atoms with Gasteiger partial charge in [0.25, 0.3) is 0 Å². The van der Waals surface area contributed by atoms with E-state index in [-0.39, 0.29) is 17.3 Å². The molecular formula is C24H36FN3O2. The zero-order valence-corrected chi connectivity index (χ0v) is 18.4. The SMILES string of the molecule is CC(=O)N1CCCC[C@H]2N(CC3(O)CCN(c4ccc(F)cc4)CC3)CCC[C@@]21C. The Kier molecular flexibility index (Phi) is 6.08. The van der Waals surface area contributed by atoms with Crippen LogP contribution in [0.25, 0.3) is 0 Å². The molecule has 3 heterocycles. The van der Waals surface area contributed by atoms with Crippen molar-refractivity contribution >= 4 is 11.6 Å². The Hall–Kier alpha value is -1.66. The van der Waals surface area contributed by atoms with Crippen molar-refractivity contribution in [2.24, 2.45) is 0 Å². The molecule has 0 aliphatic carbocycles. The van der Waals surface area contributed by atoms with Gasteiger partial charge in [-0.15, -0.1) is 0 Å². The first-order valence-electron chi connectivity index (χ1n) is 11.6. The largest absolute Gasteiger partial charge is 0.388 e. The number of halogens is 1. The fraction of sp³-hybridized carbons (Fsp3) is 0.708. The molecule has 0 spiro atoms. The predicted molar refractivity (Wildman–Crippen MR) is 117 cm³/mol. The van der Waals surface area contributed by atoms with Crippen LogP contribution in [-0.2, 0) is 4.79 Å². The number of carbonyl (C=O) groups is 1. The summed E-state index contributed by atoms with van der Waals surface area (Å²) in [6.07, 6.45) is 6.83. The van der Waals surface area contributed by atoms with E-state index in [1.54, 1.807) is 6.92 Å². The van der Waals surface area contributed by atoms with E-state index in [9.17, 15) is 14.3 Å². The minimum absolute atomic E-state index is 0.133. The van der Waals surface area contributed by atoms with E-state index in [0.717, 1.165) is 64.0 Å². The van der Waals surface area contributed by atoms with Crippen molar-refractivity contribution in [3.05, 3.63) is 30.1 Å². The first-order chi connectivity index (χ1) is 14.3. The molecule has 4 rings (SSSR count). The highest BCUT2D eigenvalue weighted by atomic mass is 19.1. The lowest BCUT2D eigenvalue weighted by atomic mass is 9.78. The second-order valence-electron chi connectivity index (χ2n) is 9.80. The molecule has 3 fully saturated rings. The van der Waals surface area contributed by atoms with Gasteiger partial charge in [-0.05, 0) is 76.3 Å². The smallest absolute Gasteiger partial charge is 0.219 e. The van der Waals surface area contributed by atoms with E-state index >= 15 is 0 Å². The summed E-state index contributed by atoms with van der Waals surface area (Å²) < 4.78 is 13.2. The zero-order valence-electron chi connectivity index (χ0n) is 18.4. The van der Waals surface area contributed by atoms with Crippen molar-refractivity contribution in [2.45, 2.75) is 76.0 Å². The third-order valence-corrected chi connectivity index (χ3v) is 7.78. The Morgan fingerprint density at radius 2 is 1.77 bits per heavy atom. The molecule has 1 aromatic rings. The van der Waals surface area contributed by atoms with Gasteiger partial charge in [0.05, 0.1) is 11.1 Å². The normalized spacial score (nSPS) is 29.9. The molecule has 3 saturated heterocycles. The Balaban J connectivity index is 1.44. The summed E-state index contributed by atoms with van der Waals surface area (Å²) in [6.45, 7) is 8.04. The van der Waals surface area contributed by atoms with Crippen LogP contribution in [0, 0.1) is 5.82 Å². The highest BCUT2D eigenvalue weighted by molar-refractivity contribution is 5.74. The summed E-state index contributed by atoms with van der Waals surface area (Å²) in [7, 11) is 0. The van der Waals surface area contributed by atoms with Crippen molar-refractivity contribution in [3.8, 4) is 0 Å². The van der Waals surface area contributed by atoms with E-state index in [1.165, 1.54) is 12.1 Å². The van der Waals surface area contributed by atoms with Gasteiger partial charge in [-0.1, -0.05) is 6.42 Å². The highest BCUT2D eigenvalue weighted by Gasteiger charge is 2.48. The number of anilines is 1. The minimum atomic E-state index is -0.706. The topological polar surface area (TPSA) is 47.0 Å². The number of benzene rings is 1. The van der Waals surface area contributed by atoms with Gasteiger partial charge in [-0.3, -0.25) is 9.69 Å². The van der Waals surface area contributed by atoms with Crippen LogP contribution in [0.2, 0.25) is 0 Å². The van der Waals surface area contributed by atoms with Crippen LogP contribution < -0.4 is 4.90 Å². The second kappa shape index (κ2) is 8.46. The van der Waals surface area contributed by atoms with Crippen molar-refractivity contribution in [3.63, 3.8) is 0 Å². The van der Waals surface area contributed by atoms with Crippen LogP contribution in [0.15, 0.2) is 24.3 Å². The van der Waals surface area contributed by atoms with E-state index in [0.29, 0.717) is 25.4 Å². The number of nitrogens with zero attached hydrogens (tertiary/aromatic N) is 3. The first kappa shape index (κ1) is 21.6. The molecule has 3 aliphatic rings. The van der Waals surface area contributed by atoms with Crippen LogP contribution in [0.5, 0.6) is 0 Å². The molecule has 2 atom stereocenters. The van der Waals surface area contributed by atoms with Gasteiger partial charge in [-0.2, -0.15) is 0 Å². The Morgan fingerprint density at radius 1 is 1.07 bits per heavy atom. The van der Waals surface area contributed by atoms with E-state index in [1.807, 2.05) is 12.1 Å². The van der Waals surface area contributed by atoms with E-state index in [4.69, 9.17) is 0 Å². The molecule has 1 aromatic carbocycles. The summed E-state index contributed by atoms with van der Waals surface area (Å²) >= 11 is 0. The number of hydrogen-bond donors (Lipinski definition) is 1. The van der Waals surface area contributed by atoms with Crippen molar-refractivity contribution in [2.75, 3.05) is 37.6 Å². The molecule has 166 valence electrons. The average Bonchev–Trinajstić information content (AvgIpc) is 2.88. The number of aliphatic hydroxyl groups is 1. The van der Waals surface area contributed by atoms with Crippen LogP contribution >= 0.6 is 0 Å². The third-order valence-electron chi connectivity index (χ3n) is 7.78. The number of rotatable bonds is 3. The summed E-state index contributed by atoms with van der Waals surface area (Å²) in [6, 6.07) is 6.95. The molecule has 3 aliphatic heterocycles. The molecule has 6 heteroatoms. The summed E-state index contributed by atoms with van der Waals surface area (Å²) in [5, 5.41) is 11.4. The molecule has 0 radical (unpaired) electrons. The molecule has 30 heavy (non-hydrogen) atoms. The molecule has 1 amide bonds. The van der Waals surface area contributed by atoms with Gasteiger partial charge < -0.3 is 14.9 Å². The third kappa shape index (κ3) is 4.22. The lowest BCUT2D eigenvalue weighted by molar-refractivity contribution is -0.141. The van der Waals surface area contributed by atoms with Crippen LogP contribution in [0.3, 0.4) is 0 Å². The summed E-state index contributed by atoms with van der Waals surface area (Å²) in [4.78, 5) is 19.2. The first-order valence-corrected chi connectivity index (χ1v) is 11.6. The standard InChI is InChI=1S/C24H36FN3O2/c1-19(29)28-15-4-3-6-22-23(28,2)11-5-14-27(22)18-24(30)12-16-26(17-13-24)21-9-7-20(25)8-10-21/h7-10,22,30H,3-6,11-18H2,1-2H3/t22-,23+/m1/s1. The number of piperidine rings is 2. The Labute approximate surface area is 179 Å². The number of likely N-dealkylation sites (tertiary alicyclic amines) is 2. The zero-order chi connectivity index (χ0) is 21.4. The molecule has 5 nitrogen and oxygen atoms in total. The van der Waals surface area contributed by atoms with Crippen LogP contribution in [0.1, 0.15) is 58.8 Å². The van der Waals surface area contributed by atoms with Crippen LogP contribution in [0.4, 0.5) is 10.1 Å². The van der Waals surface area contributed by atoms with E-state index < -0.39 is 5.60 Å². The molecule has 0 bridgehead atoms. The lowest BCUT2D eigenvalue weighted by Crippen LogP contribution is -2.66. The quantitative estimate of drug-likeness (QED) is 0.819. The van der Waals surface area contributed by atoms with E-state index in [2.05, 4.69) is 21.6 Å². The fourth-order valence-corrected chi connectivity index (χ4v) is 6.10. The van der Waals surface area contributed by atoms with Crippen molar-refractivity contribution < 1.29 is 14.3 Å². The average molecular weight is 418 g/mol. The number of fused-ring (bicyclic) bond motifs is 1. The summed E-state index contributed by atoms with van der Waals surface area (Å²) in [5.74, 6) is -0.0408. The maximum atomic E-state index is 13.2. The number of hydrogen-bond acceptors (Lipinski definition) is 4. The van der Waals surface area contributed by atoms with Gasteiger partial charge in [-0.25, -0.2) is 4.39 Å². The van der Waals surface area contributed by atoms with Gasteiger partial charge in [0.1, 0.15) is 5.82 Å². The molecule has 0 unspecified atom stereocenters. The lowest BCUT2D eigenvalue weighted by Gasteiger charge is -2.54. The molecular weight excluding hydrogens is 381 g/mol. The van der Waals surface area contributed by atoms with Gasteiger partial charge in [0.15, 0.2) is 0 Å². The minimum Gasteiger partial charge on any atom is -0.388 e. The highest BCUT2D eigenvalue weighted by Crippen LogP contribution is 2.40. The summed E-state index contributed by atoms with van der Waals surface area (Å²) in [5.41, 5.74) is 0.179. The fourth-order valence-electron chi connectivity index (χ4n) is 6.10. The van der Waals surface area contributed by atoms with Gasteiger partial charge in [0, 0.05) is 44.8 Å². The predicted octanol–water partition coefficient (Wildman–Crippen LogP) is 3.41. The Bertz CT molecular complexity index is 747. The number of carbonyl (C=O) groups excluding carboxylic acids is 1. The number of amides is 1. The van der Waals surface area contributed by atoms with Crippen LogP contribution in [-0.4, -0.2) is 70.7 Å². The maximum absolute atomic E-state index is 13.2. The second-order valence-corrected chi connectivity index (χ2v) is 9.80. The van der Waals surface area contributed by atoms with Crippen molar-refractivity contribution in [1.29, 1.82) is 0 Å². The number of β-amino-alcohol motifs (C(OH)–C–C–N with tert-alkyl or cyclic N) is 1. The van der Waals surface area contributed by atoms with Gasteiger partial charge in [0.2, 0.25) is 5.91 Å². The molecule has 1 N–H and O–H groups in total. The Morgan fingerprint density at radius 3 is 2.43 bits per heavy atom. The van der Waals surface area contributed by atoms with Crippen molar-refractivity contribution in [1.82, 2.24) is 9.80 Å².